The van der Waals surface area contributed by atoms with Crippen molar-refractivity contribution in [2.45, 2.75) is 18.3 Å². The summed E-state index contributed by atoms with van der Waals surface area (Å²) in [5, 5.41) is 2.95. The van der Waals surface area contributed by atoms with Gasteiger partial charge in [0.05, 0.1) is 16.9 Å². The van der Waals surface area contributed by atoms with Gasteiger partial charge < -0.3 is 20.7 Å². The summed E-state index contributed by atoms with van der Waals surface area (Å²) in [6.07, 6.45) is 1.24. The van der Waals surface area contributed by atoms with Crippen LogP contribution in [0.1, 0.15) is 28.8 Å². The zero-order chi connectivity index (χ0) is 26.4. The van der Waals surface area contributed by atoms with E-state index in [2.05, 4.69) is 10.2 Å². The molecule has 2 saturated heterocycles. The van der Waals surface area contributed by atoms with Crippen molar-refractivity contribution in [2.24, 2.45) is 0 Å². The van der Waals surface area contributed by atoms with Crippen molar-refractivity contribution >= 4 is 33.0 Å². The molecule has 2 amide bonds. The number of fused-ring (bicyclic) bond motifs is 2. The third kappa shape index (κ3) is 4.87. The average Bonchev–Trinajstić information content (AvgIpc) is 3.10. The first-order chi connectivity index (χ1) is 17.6. The molecule has 0 radical (unpaired) electrons. The number of nitrogens with two attached hydrogens (primary N) is 1. The highest BCUT2D eigenvalue weighted by Crippen LogP contribution is 2.45. The van der Waals surface area contributed by atoms with Crippen LogP contribution in [0.2, 0.25) is 0 Å². The largest absolute Gasteiger partial charge is 0.492 e. The summed E-state index contributed by atoms with van der Waals surface area (Å²) in [6, 6.07) is 7.38. The van der Waals surface area contributed by atoms with Crippen molar-refractivity contribution in [3.05, 3.63) is 53.1 Å². The van der Waals surface area contributed by atoms with Gasteiger partial charge >= 0.3 is 0 Å². The van der Waals surface area contributed by atoms with Crippen molar-refractivity contribution in [2.75, 3.05) is 61.9 Å². The average molecular weight is 535 g/mol. The number of carbonyl (C=O) groups excluding carboxylic acids is 2. The van der Waals surface area contributed by atoms with Gasteiger partial charge in [-0.3, -0.25) is 14.5 Å². The van der Waals surface area contributed by atoms with E-state index in [0.29, 0.717) is 38.2 Å². The minimum atomic E-state index is -3.23. The fraction of sp³-hybridized carbons (Fsp3) is 0.440. The number of hydrogen-bond donors (Lipinski definition) is 2. The fourth-order valence-corrected chi connectivity index (χ4v) is 6.49. The topological polar surface area (TPSA) is 122 Å². The number of nitrogens with one attached hydrogen (secondary N) is 1. The second-order valence-corrected chi connectivity index (χ2v) is 12.0. The number of amides is 2. The van der Waals surface area contributed by atoms with Crippen molar-refractivity contribution in [3.8, 4) is 5.75 Å². The SMILES string of the molecule is Nc1ccc2c(c1)C1(CCN(CCOc3cc(F)c(C(=O)N4CCS(=O)(=O)CC4)c(F)c3)CC1)C(=O)N2. The van der Waals surface area contributed by atoms with Crippen LogP contribution in [0.4, 0.5) is 20.2 Å². The number of benzene rings is 2. The number of likely N-dealkylation sites (tertiary alicyclic amines) is 1. The van der Waals surface area contributed by atoms with E-state index in [1.807, 2.05) is 12.1 Å². The van der Waals surface area contributed by atoms with E-state index >= 15 is 0 Å². The van der Waals surface area contributed by atoms with E-state index in [0.717, 1.165) is 28.3 Å². The van der Waals surface area contributed by atoms with Gasteiger partial charge in [0.1, 0.15) is 29.6 Å². The van der Waals surface area contributed by atoms with E-state index in [1.54, 1.807) is 6.07 Å². The molecule has 37 heavy (non-hydrogen) atoms. The number of rotatable bonds is 5. The van der Waals surface area contributed by atoms with E-state index < -0.39 is 38.4 Å². The van der Waals surface area contributed by atoms with E-state index in [4.69, 9.17) is 10.5 Å². The quantitative estimate of drug-likeness (QED) is 0.561. The van der Waals surface area contributed by atoms with Crippen LogP contribution in [-0.4, -0.2) is 80.9 Å². The first kappa shape index (κ1) is 25.4. The number of halogens is 2. The van der Waals surface area contributed by atoms with E-state index in [9.17, 15) is 26.8 Å². The molecular weight excluding hydrogens is 506 g/mol. The molecular formula is C25H28F2N4O5S. The van der Waals surface area contributed by atoms with Gasteiger partial charge in [-0.2, -0.15) is 0 Å². The third-order valence-corrected chi connectivity index (χ3v) is 9.10. The molecule has 3 aliphatic heterocycles. The van der Waals surface area contributed by atoms with E-state index in [1.165, 1.54) is 0 Å². The minimum Gasteiger partial charge on any atom is -0.492 e. The molecule has 0 aliphatic carbocycles. The molecule has 2 fully saturated rings. The second-order valence-electron chi connectivity index (χ2n) is 9.74. The zero-order valence-corrected chi connectivity index (χ0v) is 21.0. The number of nitrogen functional groups attached to an aromatic ring is 1. The van der Waals surface area contributed by atoms with Gasteiger partial charge in [0.2, 0.25) is 5.91 Å². The number of carbonyl (C=O) groups is 2. The molecule has 5 rings (SSSR count). The Balaban J connectivity index is 1.16. The summed E-state index contributed by atoms with van der Waals surface area (Å²) in [6.45, 7) is 1.75. The monoisotopic (exact) mass is 534 g/mol. The minimum absolute atomic E-state index is 0.0178. The Kier molecular flexibility index (Phi) is 6.57. The molecule has 3 aliphatic rings. The summed E-state index contributed by atoms with van der Waals surface area (Å²) < 4.78 is 58.0. The van der Waals surface area contributed by atoms with Crippen molar-refractivity contribution in [1.82, 2.24) is 9.80 Å². The molecule has 1 spiro atoms. The number of nitrogens with zero attached hydrogens (tertiary/aromatic N) is 2. The van der Waals surface area contributed by atoms with Crippen molar-refractivity contribution in [1.29, 1.82) is 0 Å². The van der Waals surface area contributed by atoms with Gasteiger partial charge in [0.25, 0.3) is 5.91 Å². The lowest BCUT2D eigenvalue weighted by Gasteiger charge is -2.38. The Morgan fingerprint density at radius 2 is 1.70 bits per heavy atom. The number of sulfone groups is 1. The van der Waals surface area contributed by atoms with Gasteiger partial charge in [-0.15, -0.1) is 0 Å². The van der Waals surface area contributed by atoms with Gasteiger partial charge in [0.15, 0.2) is 9.84 Å². The number of anilines is 2. The molecule has 0 aromatic heterocycles. The smallest absolute Gasteiger partial charge is 0.259 e. The van der Waals surface area contributed by atoms with Crippen molar-refractivity contribution < 1.29 is 31.5 Å². The Morgan fingerprint density at radius 1 is 1.05 bits per heavy atom. The maximum absolute atomic E-state index is 14.7. The predicted octanol–water partition coefficient (Wildman–Crippen LogP) is 1.78. The van der Waals surface area contributed by atoms with E-state index in [-0.39, 0.29) is 42.9 Å². The van der Waals surface area contributed by atoms with Crippen molar-refractivity contribution in [3.63, 3.8) is 0 Å². The van der Waals surface area contributed by atoms with Crippen LogP contribution in [0.5, 0.6) is 5.75 Å². The molecule has 12 heteroatoms. The van der Waals surface area contributed by atoms with Gasteiger partial charge in [-0.1, -0.05) is 0 Å². The summed E-state index contributed by atoms with van der Waals surface area (Å²) in [7, 11) is -3.23. The Morgan fingerprint density at radius 3 is 2.35 bits per heavy atom. The normalized spacial score (nSPS) is 20.5. The number of ether oxygens (including phenoxy) is 1. The highest BCUT2D eigenvalue weighted by atomic mass is 32.2. The Hall–Kier alpha value is -3.25. The number of hydrogen-bond acceptors (Lipinski definition) is 7. The zero-order valence-electron chi connectivity index (χ0n) is 20.1. The molecule has 9 nitrogen and oxygen atoms in total. The maximum Gasteiger partial charge on any atom is 0.259 e. The van der Waals surface area contributed by atoms with Gasteiger partial charge in [-0.05, 0) is 49.7 Å². The molecule has 3 N–H and O–H groups in total. The highest BCUT2D eigenvalue weighted by molar-refractivity contribution is 7.91. The molecule has 2 aromatic rings. The fourth-order valence-electron chi connectivity index (χ4n) is 5.29. The predicted molar refractivity (Wildman–Crippen MR) is 133 cm³/mol. The summed E-state index contributed by atoms with van der Waals surface area (Å²) in [5.41, 5.74) is 6.97. The first-order valence-corrected chi connectivity index (χ1v) is 14.0. The van der Waals surface area contributed by atoms with Crippen LogP contribution in [0.15, 0.2) is 30.3 Å². The lowest BCUT2D eigenvalue weighted by Crippen LogP contribution is -2.47. The lowest BCUT2D eigenvalue weighted by atomic mass is 9.73. The third-order valence-electron chi connectivity index (χ3n) is 7.49. The molecule has 0 bridgehead atoms. The maximum atomic E-state index is 14.7. The summed E-state index contributed by atoms with van der Waals surface area (Å²) >= 11 is 0. The molecule has 0 atom stereocenters. The summed E-state index contributed by atoms with van der Waals surface area (Å²) in [4.78, 5) is 28.6. The molecule has 0 saturated carbocycles. The van der Waals surface area contributed by atoms with Gasteiger partial charge in [0, 0.05) is 43.1 Å². The number of piperidine rings is 1. The second kappa shape index (κ2) is 9.56. The highest BCUT2D eigenvalue weighted by Gasteiger charge is 2.48. The van der Waals surface area contributed by atoms with Gasteiger partial charge in [-0.25, -0.2) is 17.2 Å². The summed E-state index contributed by atoms with van der Waals surface area (Å²) in [5.74, 6) is -3.51. The van der Waals surface area contributed by atoms with Crippen LogP contribution in [-0.2, 0) is 20.0 Å². The molecule has 0 unspecified atom stereocenters. The van der Waals surface area contributed by atoms with Crippen LogP contribution in [0.3, 0.4) is 0 Å². The lowest BCUT2D eigenvalue weighted by molar-refractivity contribution is -0.122. The first-order valence-electron chi connectivity index (χ1n) is 12.1. The van der Waals surface area contributed by atoms with Crippen LogP contribution in [0.25, 0.3) is 0 Å². The van der Waals surface area contributed by atoms with Crippen LogP contribution >= 0.6 is 0 Å². The van der Waals surface area contributed by atoms with Crippen LogP contribution < -0.4 is 15.8 Å². The van der Waals surface area contributed by atoms with Crippen LogP contribution in [0, 0.1) is 11.6 Å². The molecule has 198 valence electrons. The Labute approximate surface area is 213 Å². The molecule has 3 heterocycles. The Bertz CT molecular complexity index is 1320. The standard InChI is InChI=1S/C25H28F2N4O5S/c26-19-14-17(15-20(27)22(19)23(32)31-8-11-37(34,35)12-9-31)36-10-7-30-5-3-25(4-6-30)18-13-16(28)1-2-21(18)29-24(25)33/h1-2,13-15H,3-12,28H2,(H,29,33). The molecule has 2 aromatic carbocycles.